The summed E-state index contributed by atoms with van der Waals surface area (Å²) in [4.78, 5) is 28.3. The van der Waals surface area contributed by atoms with Crippen LogP contribution in [-0.2, 0) is 22.7 Å². The molecule has 0 radical (unpaired) electrons. The topological polar surface area (TPSA) is 87.8 Å². The van der Waals surface area contributed by atoms with Gasteiger partial charge in [0.25, 0.3) is 5.37 Å². The van der Waals surface area contributed by atoms with Crippen molar-refractivity contribution in [2.45, 2.75) is 6.54 Å². The van der Waals surface area contributed by atoms with E-state index in [0.717, 1.165) is 21.8 Å². The second kappa shape index (κ2) is 6.62. The van der Waals surface area contributed by atoms with Crippen molar-refractivity contribution in [1.82, 2.24) is 4.98 Å². The van der Waals surface area contributed by atoms with Crippen molar-refractivity contribution in [2.75, 3.05) is 0 Å². The fourth-order valence-corrected chi connectivity index (χ4v) is 3.86. The van der Waals surface area contributed by atoms with Crippen LogP contribution >= 0.6 is 0 Å². The monoisotopic (exact) mass is 365 g/mol. The van der Waals surface area contributed by atoms with Gasteiger partial charge in [-0.15, -0.1) is 24.3 Å². The number of carbonyl (C=O) groups excluding carboxylic acids is 1. The van der Waals surface area contributed by atoms with Gasteiger partial charge in [0.05, 0.1) is 12.2 Å². The molecule has 3 N–H and O–H groups in total. The molecule has 0 unspecified atom stereocenters. The van der Waals surface area contributed by atoms with Crippen LogP contribution in [0, 0.1) is 11.4 Å². The van der Waals surface area contributed by atoms with Crippen LogP contribution in [-0.4, -0.2) is 27.2 Å². The Hall–Kier alpha value is -3.16. The van der Waals surface area contributed by atoms with Gasteiger partial charge >= 0.3 is 5.97 Å². The third-order valence-electron chi connectivity index (χ3n) is 4.15. The maximum atomic E-state index is 13.0. The molecule has 7 heteroatoms. The van der Waals surface area contributed by atoms with E-state index in [1.54, 1.807) is 23.2 Å². The number of nitrogens with zero attached hydrogens (tertiary/aromatic N) is 2. The van der Waals surface area contributed by atoms with Gasteiger partial charge in [0.2, 0.25) is 6.54 Å². The first-order valence-corrected chi connectivity index (χ1v) is 8.85. The summed E-state index contributed by atoms with van der Waals surface area (Å²) in [5, 5.41) is 14.5. The molecule has 6 nitrogen and oxygen atoms in total. The molecule has 0 spiro atoms. The Morgan fingerprint density at radius 1 is 1.27 bits per heavy atom. The molecule has 0 saturated carbocycles. The van der Waals surface area contributed by atoms with Crippen molar-refractivity contribution in [2.24, 2.45) is 0 Å². The van der Waals surface area contributed by atoms with E-state index in [1.165, 1.54) is 11.4 Å². The maximum Gasteiger partial charge on any atom is 0.368 e. The van der Waals surface area contributed by atoms with Crippen LogP contribution in [0.4, 0.5) is 0 Å². The smallest absolute Gasteiger partial charge is 0.368 e. The Bertz CT molecular complexity index is 1010. The van der Waals surface area contributed by atoms with Gasteiger partial charge in [-0.2, -0.15) is 0 Å². The van der Waals surface area contributed by atoms with E-state index in [4.69, 9.17) is 5.11 Å². The summed E-state index contributed by atoms with van der Waals surface area (Å²) >= 11 is 1.49. The average molecular weight is 365 g/mol. The van der Waals surface area contributed by atoms with Crippen LogP contribution < -0.4 is 9.88 Å². The molecule has 3 heterocycles. The number of aliphatic carboxylic acids is 1. The number of benzene rings is 1. The van der Waals surface area contributed by atoms with Gasteiger partial charge in [-0.3, -0.25) is 4.57 Å². The van der Waals surface area contributed by atoms with Gasteiger partial charge in [-0.25, -0.2) is 4.79 Å². The van der Waals surface area contributed by atoms with Gasteiger partial charge in [0.1, 0.15) is 11.3 Å². The van der Waals surface area contributed by atoms with Gasteiger partial charge in [0.15, 0.2) is 16.7 Å². The second-order valence-corrected chi connectivity index (χ2v) is 6.76. The molecule has 1 aliphatic rings. The number of ketones is 1. The summed E-state index contributed by atoms with van der Waals surface area (Å²) in [5.41, 5.74) is 2.21. The molecule has 0 bridgehead atoms. The third-order valence-corrected chi connectivity index (χ3v) is 5.13. The summed E-state index contributed by atoms with van der Waals surface area (Å²) in [7, 11) is 0. The Labute approximate surface area is 153 Å². The highest BCUT2D eigenvalue weighted by Gasteiger charge is 2.33. The molecule has 0 fully saturated rings. The van der Waals surface area contributed by atoms with E-state index in [-0.39, 0.29) is 12.3 Å². The highest BCUT2D eigenvalue weighted by atomic mass is 32.1. The highest BCUT2D eigenvalue weighted by Crippen LogP contribution is 2.20. The van der Waals surface area contributed by atoms with Crippen LogP contribution in [0.25, 0.3) is 10.9 Å². The first-order chi connectivity index (χ1) is 12.6. The van der Waals surface area contributed by atoms with Crippen molar-refractivity contribution in [1.29, 1.82) is 0 Å². The van der Waals surface area contributed by atoms with E-state index >= 15 is 0 Å². The summed E-state index contributed by atoms with van der Waals surface area (Å²) in [6.07, 6.45) is 5.10. The zero-order valence-corrected chi connectivity index (χ0v) is 14.4. The van der Waals surface area contributed by atoms with E-state index in [9.17, 15) is 9.59 Å². The predicted octanol–water partition coefficient (Wildman–Crippen LogP) is 0.0401. The van der Waals surface area contributed by atoms with E-state index in [2.05, 4.69) is 4.98 Å². The lowest BCUT2D eigenvalue weighted by atomic mass is 10.0. The van der Waals surface area contributed by atoms with Gasteiger partial charge < -0.3 is 20.2 Å². The van der Waals surface area contributed by atoms with Crippen molar-refractivity contribution in [3.8, 4) is 0 Å². The van der Waals surface area contributed by atoms with Crippen molar-refractivity contribution in [3.63, 3.8) is 0 Å². The quantitative estimate of drug-likeness (QED) is 0.220. The number of hydrogen-bond acceptors (Lipinski definition) is 3. The molecule has 1 aliphatic heterocycles. The molecule has 1 aromatic carbocycles. The fourth-order valence-electron chi connectivity index (χ4n) is 2.97. The van der Waals surface area contributed by atoms with Gasteiger partial charge in [-0.05, 0) is 22.7 Å². The first kappa shape index (κ1) is 16.3. The van der Waals surface area contributed by atoms with Gasteiger partial charge in [-0.1, -0.05) is 18.3 Å². The molecule has 0 amide bonds. The molecule has 3 aromatic rings. The van der Waals surface area contributed by atoms with E-state index < -0.39 is 5.97 Å². The Kier molecular flexibility index (Phi) is 4.16. The number of aromatic nitrogens is 2. The lowest BCUT2D eigenvalue weighted by molar-refractivity contribution is -0.657. The molecule has 130 valence electrons. The predicted molar refractivity (Wildman–Crippen MR) is 96.9 cm³/mol. The largest absolute Gasteiger partial charge is 0.477 e. The normalized spacial score (nSPS) is 13.5. The molecule has 2 aromatic heterocycles. The SMILES string of the molecule is O=C(O)C[n+]1cc(C(=O)[C-]2C=[S+][C-](c3cccnc3)[NH2+]2)c2cccc[c-]21. The lowest BCUT2D eigenvalue weighted by Crippen LogP contribution is -2.86. The number of rotatable bonds is 5. The molecular weight excluding hydrogens is 350 g/mol. The Morgan fingerprint density at radius 3 is 2.92 bits per heavy atom. The van der Waals surface area contributed by atoms with Crippen LogP contribution in [0.2, 0.25) is 0 Å². The van der Waals surface area contributed by atoms with Crippen molar-refractivity contribution < 1.29 is 24.6 Å². The molecule has 4 rings (SSSR count). The molecule has 26 heavy (non-hydrogen) atoms. The Morgan fingerprint density at radius 2 is 2.15 bits per heavy atom. The molecule has 0 aliphatic carbocycles. The van der Waals surface area contributed by atoms with Crippen molar-refractivity contribution in [3.05, 3.63) is 77.5 Å². The molecule has 0 saturated heterocycles. The number of carbonyl (C=O) groups is 2. The van der Waals surface area contributed by atoms with Crippen molar-refractivity contribution >= 4 is 39.4 Å². The number of nitrogens with two attached hydrogens (primary N) is 1. The summed E-state index contributed by atoms with van der Waals surface area (Å²) in [5.74, 6) is -1.06. The number of Topliss-reactive ketones (excluding diaryl/α,β-unsaturated/α-hetero) is 1. The maximum absolute atomic E-state index is 13.0. The number of hydrogen-bond donors (Lipinski definition) is 2. The third kappa shape index (κ3) is 2.94. The zero-order valence-electron chi connectivity index (χ0n) is 13.6. The minimum absolute atomic E-state index is 0.114. The fraction of sp³-hybridized carbons (Fsp3) is 0.0526. The first-order valence-electron chi connectivity index (χ1n) is 7.97. The second-order valence-electron chi connectivity index (χ2n) is 5.85. The van der Waals surface area contributed by atoms with Crippen LogP contribution in [0.3, 0.4) is 0 Å². The molecule has 0 atom stereocenters. The number of quaternary nitrogens is 1. The molecular formula is C19H15N3O3S. The zero-order chi connectivity index (χ0) is 18.1. The highest BCUT2D eigenvalue weighted by molar-refractivity contribution is 7.81. The number of carboxylic acids is 1. The lowest BCUT2D eigenvalue weighted by Gasteiger charge is -2.12. The van der Waals surface area contributed by atoms with Gasteiger partial charge in [0, 0.05) is 0 Å². The summed E-state index contributed by atoms with van der Waals surface area (Å²) in [6.45, 7) is -0.182. The Balaban J connectivity index is 1.63. The number of pyridine rings is 1. The standard InChI is InChI=1S/C19H15N3O3S/c23-17(24)10-22-9-14(13-5-1-2-6-16(13)22)18(25)15-11-26-19(21-15)12-4-3-7-20-8-12/h1-9,11H,10,21H2,(H,23,24). The minimum Gasteiger partial charge on any atom is -0.477 e. The number of carboxylic acid groups (broad SMARTS) is 1. The summed E-state index contributed by atoms with van der Waals surface area (Å²) < 4.78 is 1.60. The van der Waals surface area contributed by atoms with Crippen LogP contribution in [0.15, 0.2) is 55.0 Å². The van der Waals surface area contributed by atoms with Crippen LogP contribution in [0.5, 0.6) is 0 Å². The summed E-state index contributed by atoms with van der Waals surface area (Å²) in [6, 6.07) is 11.7. The van der Waals surface area contributed by atoms with E-state index in [0.29, 0.717) is 11.6 Å². The minimum atomic E-state index is -0.945. The van der Waals surface area contributed by atoms with Crippen LogP contribution in [0.1, 0.15) is 15.9 Å². The van der Waals surface area contributed by atoms with E-state index in [1.807, 2.05) is 47.1 Å². The number of para-hydroxylation sites is 1. The number of fused-ring (bicyclic) bond motifs is 1. The average Bonchev–Trinajstić information content (AvgIpc) is 3.28.